The average Bonchev–Trinajstić information content (AvgIpc) is 2.80. The Morgan fingerprint density at radius 1 is 1.50 bits per heavy atom. The maximum atomic E-state index is 12.5. The first-order chi connectivity index (χ1) is 11.1. The Bertz CT molecular complexity index is 894. The van der Waals surface area contributed by atoms with Gasteiger partial charge in [-0.25, -0.2) is 4.98 Å². The van der Waals surface area contributed by atoms with E-state index in [0.29, 0.717) is 4.57 Å². The maximum Gasteiger partial charge on any atom is 0.406 e. The fourth-order valence-corrected chi connectivity index (χ4v) is 2.03. The molecule has 0 atom stereocenters. The van der Waals surface area contributed by atoms with E-state index >= 15 is 0 Å². The van der Waals surface area contributed by atoms with Crippen LogP contribution in [0.25, 0.3) is 0 Å². The summed E-state index contributed by atoms with van der Waals surface area (Å²) in [6.07, 6.45) is -2.67. The molecule has 2 aromatic rings. The van der Waals surface area contributed by atoms with Gasteiger partial charge in [-0.15, -0.1) is 0 Å². The molecule has 0 bridgehead atoms. The molecule has 0 unspecified atom stereocenters. The van der Waals surface area contributed by atoms with Crippen molar-refractivity contribution in [3.63, 3.8) is 0 Å². The lowest BCUT2D eigenvalue weighted by atomic mass is 10.2. The SMILES string of the molecule is Cn1c(C(=O)Nc2cc(C#N)c(=O)n(CC(F)(F)F)c2)cnc1Cl. The van der Waals surface area contributed by atoms with Crippen molar-refractivity contribution >= 4 is 23.2 Å². The van der Waals surface area contributed by atoms with Crippen molar-refractivity contribution in [3.8, 4) is 6.07 Å². The molecule has 0 aromatic carbocycles. The molecule has 2 aromatic heterocycles. The van der Waals surface area contributed by atoms with Crippen molar-refractivity contribution < 1.29 is 18.0 Å². The molecule has 126 valence electrons. The second-order valence-electron chi connectivity index (χ2n) is 4.73. The Labute approximate surface area is 137 Å². The van der Waals surface area contributed by atoms with Gasteiger partial charge in [0.15, 0.2) is 0 Å². The summed E-state index contributed by atoms with van der Waals surface area (Å²) in [7, 11) is 1.47. The number of nitriles is 1. The number of aromatic nitrogens is 3. The molecule has 0 fully saturated rings. The summed E-state index contributed by atoms with van der Waals surface area (Å²) in [5.74, 6) is -0.710. The maximum absolute atomic E-state index is 12.5. The van der Waals surface area contributed by atoms with E-state index in [-0.39, 0.29) is 16.7 Å². The lowest BCUT2D eigenvalue weighted by Crippen LogP contribution is -2.30. The van der Waals surface area contributed by atoms with Gasteiger partial charge in [0, 0.05) is 13.2 Å². The van der Waals surface area contributed by atoms with Crippen LogP contribution in [-0.4, -0.2) is 26.2 Å². The van der Waals surface area contributed by atoms with Crippen LogP contribution in [0.1, 0.15) is 16.1 Å². The molecule has 0 aliphatic heterocycles. The van der Waals surface area contributed by atoms with E-state index in [2.05, 4.69) is 10.3 Å². The number of carbonyl (C=O) groups is 1. The zero-order valence-corrected chi connectivity index (χ0v) is 12.8. The normalized spacial score (nSPS) is 11.2. The van der Waals surface area contributed by atoms with Gasteiger partial charge in [-0.3, -0.25) is 9.59 Å². The molecular formula is C13H9ClF3N5O2. The first-order valence-electron chi connectivity index (χ1n) is 6.32. The van der Waals surface area contributed by atoms with E-state index in [1.165, 1.54) is 23.9 Å². The molecule has 2 rings (SSSR count). The molecule has 0 spiro atoms. The third-order valence-electron chi connectivity index (χ3n) is 2.98. The Morgan fingerprint density at radius 3 is 2.67 bits per heavy atom. The minimum atomic E-state index is -4.66. The highest BCUT2D eigenvalue weighted by Gasteiger charge is 2.29. The molecular weight excluding hydrogens is 351 g/mol. The van der Waals surface area contributed by atoms with Gasteiger partial charge in [-0.2, -0.15) is 18.4 Å². The molecule has 0 saturated carbocycles. The van der Waals surface area contributed by atoms with Crippen LogP contribution < -0.4 is 10.9 Å². The first-order valence-corrected chi connectivity index (χ1v) is 6.70. The molecule has 0 aliphatic rings. The predicted molar refractivity (Wildman–Crippen MR) is 77.6 cm³/mol. The van der Waals surface area contributed by atoms with Crippen LogP contribution in [0.2, 0.25) is 5.28 Å². The zero-order valence-electron chi connectivity index (χ0n) is 12.1. The Kier molecular flexibility index (Phi) is 4.66. The smallest absolute Gasteiger partial charge is 0.319 e. The van der Waals surface area contributed by atoms with Crippen molar-refractivity contribution in [3.05, 3.63) is 45.4 Å². The topological polar surface area (TPSA) is 92.7 Å². The van der Waals surface area contributed by atoms with E-state index in [1.54, 1.807) is 0 Å². The Hall–Kier alpha value is -2.80. The summed E-state index contributed by atoms with van der Waals surface area (Å²) in [6.45, 7) is -1.58. The van der Waals surface area contributed by atoms with Crippen LogP contribution in [-0.2, 0) is 13.6 Å². The number of imidazole rings is 1. The molecule has 0 aliphatic carbocycles. The lowest BCUT2D eigenvalue weighted by Gasteiger charge is -2.12. The van der Waals surface area contributed by atoms with Gasteiger partial charge in [-0.1, -0.05) is 0 Å². The molecule has 11 heteroatoms. The molecule has 1 amide bonds. The molecule has 2 heterocycles. The van der Waals surface area contributed by atoms with Gasteiger partial charge in [0.2, 0.25) is 5.28 Å². The average molecular weight is 360 g/mol. The molecule has 7 nitrogen and oxygen atoms in total. The molecule has 1 N–H and O–H groups in total. The highest BCUT2D eigenvalue weighted by atomic mass is 35.5. The molecule has 24 heavy (non-hydrogen) atoms. The second-order valence-corrected chi connectivity index (χ2v) is 5.07. The highest BCUT2D eigenvalue weighted by molar-refractivity contribution is 6.28. The Morgan fingerprint density at radius 2 is 2.17 bits per heavy atom. The second kappa shape index (κ2) is 6.37. The van der Waals surface area contributed by atoms with Crippen LogP contribution in [0.3, 0.4) is 0 Å². The summed E-state index contributed by atoms with van der Waals surface area (Å²) >= 11 is 5.70. The number of amides is 1. The Balaban J connectivity index is 2.39. The molecule has 0 saturated heterocycles. The number of hydrogen-bond acceptors (Lipinski definition) is 4. The summed E-state index contributed by atoms with van der Waals surface area (Å²) in [5.41, 5.74) is -1.72. The van der Waals surface area contributed by atoms with Crippen molar-refractivity contribution in [2.24, 2.45) is 7.05 Å². The number of rotatable bonds is 3. The monoisotopic (exact) mass is 359 g/mol. The predicted octanol–water partition coefficient (Wildman–Crippen LogP) is 1.92. The first kappa shape index (κ1) is 17.6. The number of anilines is 1. The third kappa shape index (κ3) is 3.75. The fraction of sp³-hybridized carbons (Fsp3) is 0.231. The standard InChI is InChI=1S/C13H9ClF3N5O2/c1-21-9(4-19-12(21)14)10(23)20-8-2-7(3-18)11(24)22(5-8)6-13(15,16)17/h2,4-5H,6H2,1H3,(H,20,23). The van der Waals surface area contributed by atoms with Gasteiger partial charge in [0.25, 0.3) is 11.5 Å². The van der Waals surface area contributed by atoms with Gasteiger partial charge < -0.3 is 14.5 Å². The van der Waals surface area contributed by atoms with E-state index in [9.17, 15) is 22.8 Å². The summed E-state index contributed by atoms with van der Waals surface area (Å²) in [6, 6.07) is 2.49. The van der Waals surface area contributed by atoms with Crippen LogP contribution in [0.4, 0.5) is 18.9 Å². The van der Waals surface area contributed by atoms with Gasteiger partial charge in [0.05, 0.1) is 11.9 Å². The number of hydrogen-bond donors (Lipinski definition) is 1. The lowest BCUT2D eigenvalue weighted by molar-refractivity contribution is -0.141. The van der Waals surface area contributed by atoms with Crippen LogP contribution >= 0.6 is 11.6 Å². The largest absolute Gasteiger partial charge is 0.406 e. The van der Waals surface area contributed by atoms with Crippen molar-refractivity contribution in [2.75, 3.05) is 5.32 Å². The molecule has 0 radical (unpaired) electrons. The number of nitrogens with zero attached hydrogens (tertiary/aromatic N) is 4. The van der Waals surface area contributed by atoms with E-state index in [1.807, 2.05) is 0 Å². The summed E-state index contributed by atoms with van der Waals surface area (Å²) < 4.78 is 39.1. The summed E-state index contributed by atoms with van der Waals surface area (Å²) in [5, 5.41) is 11.2. The third-order valence-corrected chi connectivity index (χ3v) is 3.33. The van der Waals surface area contributed by atoms with Crippen LogP contribution in [0.15, 0.2) is 23.3 Å². The zero-order chi connectivity index (χ0) is 18.1. The minimum absolute atomic E-state index is 0.0416. The highest BCUT2D eigenvalue weighted by Crippen LogP contribution is 2.18. The van der Waals surface area contributed by atoms with E-state index < -0.39 is 29.8 Å². The number of carbonyl (C=O) groups excluding carboxylic acids is 1. The van der Waals surface area contributed by atoms with Crippen LogP contribution in [0, 0.1) is 11.3 Å². The number of halogens is 4. The van der Waals surface area contributed by atoms with Gasteiger partial charge >= 0.3 is 6.18 Å². The van der Waals surface area contributed by atoms with Crippen LogP contribution in [0.5, 0.6) is 0 Å². The number of pyridine rings is 1. The van der Waals surface area contributed by atoms with E-state index in [0.717, 1.165) is 12.3 Å². The quantitative estimate of drug-likeness (QED) is 0.906. The van der Waals surface area contributed by atoms with Gasteiger partial charge in [0.1, 0.15) is 23.9 Å². The summed E-state index contributed by atoms with van der Waals surface area (Å²) in [4.78, 5) is 27.5. The van der Waals surface area contributed by atoms with E-state index in [4.69, 9.17) is 16.9 Å². The number of nitrogens with one attached hydrogen (secondary N) is 1. The van der Waals surface area contributed by atoms with Crippen molar-refractivity contribution in [2.45, 2.75) is 12.7 Å². The van der Waals surface area contributed by atoms with Crippen molar-refractivity contribution in [1.29, 1.82) is 5.26 Å². The van der Waals surface area contributed by atoms with Crippen molar-refractivity contribution in [1.82, 2.24) is 14.1 Å². The fourth-order valence-electron chi connectivity index (χ4n) is 1.89. The number of alkyl halides is 3. The van der Waals surface area contributed by atoms with Gasteiger partial charge in [-0.05, 0) is 17.7 Å². The minimum Gasteiger partial charge on any atom is -0.319 e.